The van der Waals surface area contributed by atoms with Crippen molar-refractivity contribution in [2.24, 2.45) is 0 Å². The van der Waals surface area contributed by atoms with E-state index in [1.54, 1.807) is 0 Å². The first-order chi connectivity index (χ1) is 4.86. The van der Waals surface area contributed by atoms with Crippen LogP contribution in [0.2, 0.25) is 0 Å². The van der Waals surface area contributed by atoms with E-state index in [1.165, 1.54) is 11.3 Å². The standard InChI is InChI=1S/C7H5NOS/c9-7-8-5-3-1-2-4-6(5)10-7/h1-4H,(H,8,9)/p+1. The number of fused-ring (bicyclic) bond motifs is 1. The van der Waals surface area contributed by atoms with Crippen molar-refractivity contribution in [2.45, 2.75) is 0 Å². The van der Waals surface area contributed by atoms with E-state index in [4.69, 9.17) is 5.11 Å². The molecule has 0 amide bonds. The molecule has 50 valence electrons. The minimum Gasteiger partial charge on any atom is -0.451 e. The Morgan fingerprint density at radius 3 is 2.90 bits per heavy atom. The Labute approximate surface area is 61.8 Å². The number of para-hydroxylation sites is 1. The summed E-state index contributed by atoms with van der Waals surface area (Å²) in [4.78, 5) is 2.83. The second-order valence-corrected chi connectivity index (χ2v) is 3.06. The first-order valence-corrected chi connectivity index (χ1v) is 3.78. The van der Waals surface area contributed by atoms with Crippen molar-refractivity contribution in [1.82, 2.24) is 0 Å². The van der Waals surface area contributed by atoms with Gasteiger partial charge in [-0.05, 0) is 17.4 Å². The normalized spacial score (nSPS) is 10.4. The van der Waals surface area contributed by atoms with Crippen LogP contribution in [0.4, 0.5) is 0 Å². The highest BCUT2D eigenvalue weighted by Crippen LogP contribution is 2.21. The zero-order valence-corrected chi connectivity index (χ0v) is 5.98. The van der Waals surface area contributed by atoms with Gasteiger partial charge in [-0.1, -0.05) is 12.1 Å². The lowest BCUT2D eigenvalue weighted by Crippen LogP contribution is -1.94. The Kier molecular flexibility index (Phi) is 1.11. The van der Waals surface area contributed by atoms with Gasteiger partial charge in [0.1, 0.15) is 4.70 Å². The number of aromatic amines is 1. The summed E-state index contributed by atoms with van der Waals surface area (Å²) in [7, 11) is 0. The van der Waals surface area contributed by atoms with Crippen molar-refractivity contribution in [3.63, 3.8) is 0 Å². The SMILES string of the molecule is Oc1[nH+]c2ccccc2s1. The number of rotatable bonds is 0. The minimum atomic E-state index is 0.265. The van der Waals surface area contributed by atoms with Crippen LogP contribution >= 0.6 is 11.3 Å². The number of aromatic hydroxyl groups is 1. The summed E-state index contributed by atoms with van der Waals surface area (Å²) in [6, 6.07) is 7.79. The molecular formula is C7H6NOS+. The van der Waals surface area contributed by atoms with Gasteiger partial charge in [-0.2, -0.15) is 4.98 Å². The van der Waals surface area contributed by atoms with Crippen LogP contribution in [0.5, 0.6) is 5.19 Å². The van der Waals surface area contributed by atoms with Crippen LogP contribution < -0.4 is 4.98 Å². The Morgan fingerprint density at radius 1 is 1.30 bits per heavy atom. The molecule has 2 nitrogen and oxygen atoms in total. The van der Waals surface area contributed by atoms with Crippen LogP contribution in [-0.2, 0) is 0 Å². The number of benzene rings is 1. The fraction of sp³-hybridized carbons (Fsp3) is 0. The average Bonchev–Trinajstić information content (AvgIpc) is 2.27. The van der Waals surface area contributed by atoms with Crippen molar-refractivity contribution in [2.75, 3.05) is 0 Å². The summed E-state index contributed by atoms with van der Waals surface area (Å²) in [6.07, 6.45) is 0. The molecule has 0 atom stereocenters. The van der Waals surface area contributed by atoms with E-state index in [9.17, 15) is 0 Å². The monoisotopic (exact) mass is 152 g/mol. The lowest BCUT2D eigenvalue weighted by molar-refractivity contribution is -0.355. The summed E-state index contributed by atoms with van der Waals surface area (Å²) in [6.45, 7) is 0. The van der Waals surface area contributed by atoms with Gasteiger partial charge in [-0.15, -0.1) is 0 Å². The molecule has 0 radical (unpaired) electrons. The van der Waals surface area contributed by atoms with Gasteiger partial charge < -0.3 is 5.11 Å². The van der Waals surface area contributed by atoms with Crippen LogP contribution in [0.1, 0.15) is 0 Å². The zero-order valence-electron chi connectivity index (χ0n) is 5.16. The number of H-pyrrole nitrogens is 1. The highest BCUT2D eigenvalue weighted by atomic mass is 32.1. The fourth-order valence-corrected chi connectivity index (χ4v) is 1.65. The first-order valence-electron chi connectivity index (χ1n) is 2.96. The third kappa shape index (κ3) is 0.752. The van der Waals surface area contributed by atoms with E-state index in [1.807, 2.05) is 24.3 Å². The molecule has 1 aromatic heterocycles. The molecule has 2 rings (SSSR count). The van der Waals surface area contributed by atoms with Crippen LogP contribution in [-0.4, -0.2) is 5.11 Å². The molecule has 10 heavy (non-hydrogen) atoms. The fourth-order valence-electron chi connectivity index (χ4n) is 0.904. The average molecular weight is 152 g/mol. The molecule has 3 heteroatoms. The van der Waals surface area contributed by atoms with Gasteiger partial charge >= 0.3 is 5.19 Å². The van der Waals surface area contributed by atoms with Crippen LogP contribution in [0.3, 0.4) is 0 Å². The van der Waals surface area contributed by atoms with E-state index in [2.05, 4.69) is 4.98 Å². The smallest absolute Gasteiger partial charge is 0.427 e. The van der Waals surface area contributed by atoms with Gasteiger partial charge in [0.05, 0.1) is 0 Å². The van der Waals surface area contributed by atoms with Crippen LogP contribution in [0.15, 0.2) is 24.3 Å². The van der Waals surface area contributed by atoms with Gasteiger partial charge in [-0.3, -0.25) is 0 Å². The molecular weight excluding hydrogens is 146 g/mol. The molecule has 1 aromatic carbocycles. The molecule has 0 spiro atoms. The van der Waals surface area contributed by atoms with E-state index in [0.717, 1.165) is 10.2 Å². The first kappa shape index (κ1) is 5.68. The van der Waals surface area contributed by atoms with Crippen molar-refractivity contribution >= 4 is 21.6 Å². The maximum Gasteiger partial charge on any atom is 0.427 e. The molecule has 0 aliphatic carbocycles. The third-order valence-corrected chi connectivity index (χ3v) is 2.21. The Hall–Kier alpha value is -1.09. The topological polar surface area (TPSA) is 34.4 Å². The Bertz CT molecular complexity index is 322. The molecule has 0 saturated heterocycles. The second-order valence-electron chi connectivity index (χ2n) is 2.03. The van der Waals surface area contributed by atoms with Gasteiger partial charge in [0.15, 0.2) is 0 Å². The van der Waals surface area contributed by atoms with E-state index >= 15 is 0 Å². The Balaban J connectivity index is 2.88. The molecule has 2 N–H and O–H groups in total. The molecule has 0 fully saturated rings. The molecule has 0 aliphatic rings. The Morgan fingerprint density at radius 2 is 2.10 bits per heavy atom. The molecule has 0 bridgehead atoms. The number of thiazole rings is 1. The third-order valence-electron chi connectivity index (χ3n) is 1.34. The van der Waals surface area contributed by atoms with Gasteiger partial charge in [0, 0.05) is 6.07 Å². The van der Waals surface area contributed by atoms with E-state index in [-0.39, 0.29) is 5.19 Å². The van der Waals surface area contributed by atoms with Crippen LogP contribution in [0, 0.1) is 0 Å². The van der Waals surface area contributed by atoms with Crippen molar-refractivity contribution < 1.29 is 10.1 Å². The van der Waals surface area contributed by atoms with Gasteiger partial charge in [0.25, 0.3) is 0 Å². The summed E-state index contributed by atoms with van der Waals surface area (Å²) < 4.78 is 1.08. The molecule has 2 aromatic rings. The van der Waals surface area contributed by atoms with Gasteiger partial charge in [0.2, 0.25) is 5.52 Å². The molecule has 0 aliphatic heterocycles. The second kappa shape index (κ2) is 1.95. The molecule has 0 saturated carbocycles. The predicted octanol–water partition coefficient (Wildman–Crippen LogP) is 1.42. The van der Waals surface area contributed by atoms with Crippen molar-refractivity contribution in [3.05, 3.63) is 24.3 Å². The highest BCUT2D eigenvalue weighted by molar-refractivity contribution is 7.19. The lowest BCUT2D eigenvalue weighted by atomic mass is 10.3. The largest absolute Gasteiger partial charge is 0.451 e. The van der Waals surface area contributed by atoms with E-state index < -0.39 is 0 Å². The number of aromatic nitrogens is 1. The van der Waals surface area contributed by atoms with Crippen LogP contribution in [0.25, 0.3) is 10.2 Å². The molecule has 1 heterocycles. The van der Waals surface area contributed by atoms with Crippen molar-refractivity contribution in [1.29, 1.82) is 0 Å². The maximum atomic E-state index is 9.02. The van der Waals surface area contributed by atoms with E-state index in [0.29, 0.717) is 0 Å². The number of nitrogens with one attached hydrogen (secondary N) is 1. The van der Waals surface area contributed by atoms with Crippen molar-refractivity contribution in [3.8, 4) is 5.19 Å². The zero-order chi connectivity index (χ0) is 6.97. The minimum absolute atomic E-state index is 0.265. The summed E-state index contributed by atoms with van der Waals surface area (Å²) in [5.74, 6) is 0. The predicted molar refractivity (Wildman–Crippen MR) is 40.0 cm³/mol. The summed E-state index contributed by atoms with van der Waals surface area (Å²) in [5.41, 5.74) is 0.991. The number of hydrogen-bond donors (Lipinski definition) is 1. The molecule has 0 unspecified atom stereocenters. The quantitative estimate of drug-likeness (QED) is 0.608. The van der Waals surface area contributed by atoms with Gasteiger partial charge in [-0.25, -0.2) is 0 Å². The lowest BCUT2D eigenvalue weighted by Gasteiger charge is -1.74. The summed E-state index contributed by atoms with van der Waals surface area (Å²) in [5, 5.41) is 9.28. The highest BCUT2D eigenvalue weighted by Gasteiger charge is 2.06. The maximum absolute atomic E-state index is 9.02. The summed E-state index contributed by atoms with van der Waals surface area (Å²) >= 11 is 1.35. The number of hydrogen-bond acceptors (Lipinski definition) is 2.